The lowest BCUT2D eigenvalue weighted by Gasteiger charge is -2.16. The number of alkyl halides is 1. The van der Waals surface area contributed by atoms with E-state index in [1.807, 2.05) is 6.07 Å². The Morgan fingerprint density at radius 3 is 2.81 bits per heavy atom. The number of fused-ring (bicyclic) bond motifs is 1. The third kappa shape index (κ3) is 2.79. The van der Waals surface area contributed by atoms with E-state index in [1.54, 1.807) is 0 Å². The molecule has 0 aliphatic carbocycles. The number of ether oxygens (including phenoxy) is 1. The van der Waals surface area contributed by atoms with E-state index < -0.39 is 0 Å². The van der Waals surface area contributed by atoms with E-state index in [-0.39, 0.29) is 0 Å². The van der Waals surface area contributed by atoms with Crippen molar-refractivity contribution in [3.8, 4) is 5.75 Å². The van der Waals surface area contributed by atoms with Crippen molar-refractivity contribution in [3.63, 3.8) is 0 Å². The van der Waals surface area contributed by atoms with E-state index in [9.17, 15) is 0 Å². The highest BCUT2D eigenvalue weighted by Gasteiger charge is 2.23. The van der Waals surface area contributed by atoms with Crippen molar-refractivity contribution >= 4 is 15.9 Å². The van der Waals surface area contributed by atoms with Gasteiger partial charge < -0.3 is 4.74 Å². The molecule has 88 valence electrons. The van der Waals surface area contributed by atoms with Crippen molar-refractivity contribution in [3.05, 3.63) is 29.8 Å². The van der Waals surface area contributed by atoms with Crippen molar-refractivity contribution in [1.29, 1.82) is 0 Å². The second kappa shape index (κ2) is 5.22. The van der Waals surface area contributed by atoms with Crippen LogP contribution in [0.3, 0.4) is 0 Å². The van der Waals surface area contributed by atoms with Crippen molar-refractivity contribution in [2.24, 2.45) is 5.92 Å². The van der Waals surface area contributed by atoms with Gasteiger partial charge in [0.25, 0.3) is 0 Å². The molecule has 1 aromatic carbocycles. The van der Waals surface area contributed by atoms with Crippen molar-refractivity contribution in [2.45, 2.75) is 44.0 Å². The number of halogens is 1. The molecular formula is C14H19BrO. The van der Waals surface area contributed by atoms with Gasteiger partial charge in [0, 0.05) is 11.2 Å². The van der Waals surface area contributed by atoms with E-state index in [1.165, 1.54) is 12.0 Å². The Kier molecular flexibility index (Phi) is 3.91. The van der Waals surface area contributed by atoms with Crippen LogP contribution in [0.4, 0.5) is 0 Å². The molecule has 0 aromatic heterocycles. The van der Waals surface area contributed by atoms with Gasteiger partial charge in [-0.1, -0.05) is 48.0 Å². The fourth-order valence-electron chi connectivity index (χ4n) is 2.09. The first kappa shape index (κ1) is 12.0. The van der Waals surface area contributed by atoms with Gasteiger partial charge in [0.1, 0.15) is 11.9 Å². The summed E-state index contributed by atoms with van der Waals surface area (Å²) in [7, 11) is 0. The standard InChI is InChI=1S/C14H19BrO/c1-10(2)13(15)8-7-12-9-11-5-3-4-6-14(11)16-12/h3-6,10,12-13H,7-9H2,1-2H3. The predicted molar refractivity (Wildman–Crippen MR) is 71.3 cm³/mol. The SMILES string of the molecule is CC(C)C(Br)CCC1Cc2ccccc2O1. The highest BCUT2D eigenvalue weighted by molar-refractivity contribution is 9.09. The highest BCUT2D eigenvalue weighted by Crippen LogP contribution is 2.31. The maximum atomic E-state index is 5.92. The van der Waals surface area contributed by atoms with E-state index in [0.717, 1.165) is 18.6 Å². The molecule has 0 N–H and O–H groups in total. The molecule has 2 heteroatoms. The molecule has 0 spiro atoms. The van der Waals surface area contributed by atoms with Crippen LogP contribution in [0.2, 0.25) is 0 Å². The van der Waals surface area contributed by atoms with Gasteiger partial charge >= 0.3 is 0 Å². The molecule has 0 fully saturated rings. The minimum absolute atomic E-state index is 0.385. The number of rotatable bonds is 4. The van der Waals surface area contributed by atoms with Gasteiger partial charge in [0.2, 0.25) is 0 Å². The zero-order chi connectivity index (χ0) is 11.5. The summed E-state index contributed by atoms with van der Waals surface area (Å²) in [5.74, 6) is 1.78. The van der Waals surface area contributed by atoms with E-state index in [4.69, 9.17) is 4.74 Å². The molecule has 0 saturated carbocycles. The van der Waals surface area contributed by atoms with Crippen LogP contribution in [0.15, 0.2) is 24.3 Å². The Balaban J connectivity index is 1.83. The smallest absolute Gasteiger partial charge is 0.123 e. The summed E-state index contributed by atoms with van der Waals surface area (Å²) in [5, 5.41) is 0. The molecule has 2 rings (SSSR count). The molecule has 2 atom stereocenters. The summed E-state index contributed by atoms with van der Waals surface area (Å²) in [6, 6.07) is 8.38. The second-order valence-corrected chi connectivity index (χ2v) is 6.07. The maximum Gasteiger partial charge on any atom is 0.123 e. The molecular weight excluding hydrogens is 264 g/mol. The van der Waals surface area contributed by atoms with Crippen molar-refractivity contribution in [1.82, 2.24) is 0 Å². The van der Waals surface area contributed by atoms with Crippen LogP contribution in [0, 0.1) is 5.92 Å². The number of benzene rings is 1. The van der Waals surface area contributed by atoms with Crippen LogP contribution in [-0.4, -0.2) is 10.9 Å². The van der Waals surface area contributed by atoms with Crippen LogP contribution in [0.5, 0.6) is 5.75 Å². The summed E-state index contributed by atoms with van der Waals surface area (Å²) in [4.78, 5) is 0.611. The van der Waals surface area contributed by atoms with Gasteiger partial charge in [-0.2, -0.15) is 0 Å². The van der Waals surface area contributed by atoms with Crippen LogP contribution >= 0.6 is 15.9 Å². The molecule has 1 aromatic rings. The fraction of sp³-hybridized carbons (Fsp3) is 0.571. The van der Waals surface area contributed by atoms with Gasteiger partial charge in [0.15, 0.2) is 0 Å². The van der Waals surface area contributed by atoms with E-state index >= 15 is 0 Å². The molecule has 0 radical (unpaired) electrons. The van der Waals surface area contributed by atoms with E-state index in [0.29, 0.717) is 16.8 Å². The molecule has 1 heterocycles. The first-order chi connectivity index (χ1) is 7.66. The average molecular weight is 283 g/mol. The summed E-state index contributed by atoms with van der Waals surface area (Å²) in [6.07, 6.45) is 3.80. The lowest BCUT2D eigenvalue weighted by Crippen LogP contribution is -2.17. The monoisotopic (exact) mass is 282 g/mol. The molecule has 0 amide bonds. The lowest BCUT2D eigenvalue weighted by molar-refractivity contribution is 0.216. The first-order valence-electron chi connectivity index (χ1n) is 6.05. The third-order valence-corrected chi connectivity index (χ3v) is 4.72. The van der Waals surface area contributed by atoms with Crippen molar-refractivity contribution < 1.29 is 4.74 Å². The largest absolute Gasteiger partial charge is 0.490 e. The number of hydrogen-bond acceptors (Lipinski definition) is 1. The summed E-state index contributed by atoms with van der Waals surface area (Å²) in [5.41, 5.74) is 1.36. The van der Waals surface area contributed by atoms with Crippen LogP contribution < -0.4 is 4.74 Å². The molecule has 2 unspecified atom stereocenters. The fourth-order valence-corrected chi connectivity index (χ4v) is 2.36. The minimum Gasteiger partial charge on any atom is -0.490 e. The molecule has 0 saturated heterocycles. The van der Waals surface area contributed by atoms with Gasteiger partial charge in [-0.25, -0.2) is 0 Å². The third-order valence-electron chi connectivity index (χ3n) is 3.20. The Bertz CT molecular complexity index is 323. The highest BCUT2D eigenvalue weighted by atomic mass is 79.9. The van der Waals surface area contributed by atoms with Gasteiger partial charge in [-0.15, -0.1) is 0 Å². The Morgan fingerprint density at radius 1 is 1.38 bits per heavy atom. The quantitative estimate of drug-likeness (QED) is 0.753. The maximum absolute atomic E-state index is 5.92. The minimum atomic E-state index is 0.385. The van der Waals surface area contributed by atoms with Crippen LogP contribution in [-0.2, 0) is 6.42 Å². The molecule has 1 nitrogen and oxygen atoms in total. The molecule has 0 bridgehead atoms. The molecule has 1 aliphatic rings. The first-order valence-corrected chi connectivity index (χ1v) is 6.97. The summed E-state index contributed by atoms with van der Waals surface area (Å²) in [6.45, 7) is 4.51. The van der Waals surface area contributed by atoms with Crippen LogP contribution in [0.25, 0.3) is 0 Å². The van der Waals surface area contributed by atoms with Gasteiger partial charge in [0.05, 0.1) is 0 Å². The number of para-hydroxylation sites is 1. The second-order valence-electron chi connectivity index (χ2n) is 4.89. The normalized spacial score (nSPS) is 20.6. The lowest BCUT2D eigenvalue weighted by atomic mass is 10.0. The zero-order valence-electron chi connectivity index (χ0n) is 9.95. The molecule has 1 aliphatic heterocycles. The Labute approximate surface area is 106 Å². The number of hydrogen-bond donors (Lipinski definition) is 0. The van der Waals surface area contributed by atoms with Gasteiger partial charge in [-0.3, -0.25) is 0 Å². The van der Waals surface area contributed by atoms with Crippen molar-refractivity contribution in [2.75, 3.05) is 0 Å². The zero-order valence-corrected chi connectivity index (χ0v) is 11.5. The van der Waals surface area contributed by atoms with E-state index in [2.05, 4.69) is 48.0 Å². The topological polar surface area (TPSA) is 9.23 Å². The summed E-state index contributed by atoms with van der Waals surface area (Å²) >= 11 is 3.73. The van der Waals surface area contributed by atoms with Crippen LogP contribution in [0.1, 0.15) is 32.3 Å². The molecule has 16 heavy (non-hydrogen) atoms. The Morgan fingerprint density at radius 2 is 2.12 bits per heavy atom. The predicted octanol–water partition coefficient (Wildman–Crippen LogP) is 4.19. The summed E-state index contributed by atoms with van der Waals surface area (Å²) < 4.78 is 5.92. The Hall–Kier alpha value is -0.500. The van der Waals surface area contributed by atoms with Gasteiger partial charge in [-0.05, 0) is 30.4 Å². The average Bonchev–Trinajstić information content (AvgIpc) is 2.68.